The Hall–Kier alpha value is -3.08. The van der Waals surface area contributed by atoms with E-state index in [1.165, 1.54) is 0 Å². The van der Waals surface area contributed by atoms with Crippen molar-refractivity contribution in [1.82, 2.24) is 4.40 Å². The molecule has 2 aromatic carbocycles. The lowest BCUT2D eigenvalue weighted by Crippen LogP contribution is -2.08. The fourth-order valence-corrected chi connectivity index (χ4v) is 4.63. The van der Waals surface area contributed by atoms with Gasteiger partial charge in [-0.2, -0.15) is 0 Å². The first-order valence-electron chi connectivity index (χ1n) is 9.80. The minimum absolute atomic E-state index is 0.263. The molecule has 4 rings (SSSR count). The normalized spacial score (nSPS) is 11.1. The van der Waals surface area contributed by atoms with Crippen molar-refractivity contribution < 1.29 is 14.7 Å². The topological polar surface area (TPSA) is 58.8 Å². The third kappa shape index (κ3) is 3.52. The highest BCUT2D eigenvalue weighted by Gasteiger charge is 2.25. The Morgan fingerprint density at radius 2 is 1.71 bits per heavy atom. The summed E-state index contributed by atoms with van der Waals surface area (Å²) in [5.41, 5.74) is 5.11. The number of fused-ring (bicyclic) bond motifs is 1. The zero-order valence-electron chi connectivity index (χ0n) is 16.9. The van der Waals surface area contributed by atoms with E-state index < -0.39 is 5.97 Å². The zero-order valence-corrected chi connectivity index (χ0v) is 18.5. The summed E-state index contributed by atoms with van der Waals surface area (Å²) in [5, 5.41) is 10.1. The first-order chi connectivity index (χ1) is 14.8. The number of aryl methyl sites for hydroxylation is 1. The molecule has 4 aromatic rings. The molecule has 1 N–H and O–H groups in total. The molecule has 0 fully saturated rings. The number of ketones is 1. The van der Waals surface area contributed by atoms with Gasteiger partial charge in [0.25, 0.3) is 0 Å². The predicted octanol–water partition coefficient (Wildman–Crippen LogP) is 6.71. The lowest BCUT2D eigenvalue weighted by molar-refractivity contribution is 0.0695. The maximum atomic E-state index is 13.6. The molecule has 0 aliphatic heterocycles. The molecular formula is C25H19Cl2NO3. The van der Waals surface area contributed by atoms with Crippen LogP contribution in [0.4, 0.5) is 0 Å². The number of carboxylic acid groups (broad SMARTS) is 1. The Balaban J connectivity index is 1.99. The highest BCUT2D eigenvalue weighted by Crippen LogP contribution is 2.37. The number of nitrogens with zero attached hydrogens (tertiary/aromatic N) is 1. The average Bonchev–Trinajstić information content (AvgIpc) is 3.04. The van der Waals surface area contributed by atoms with Crippen LogP contribution in [0.25, 0.3) is 16.6 Å². The Morgan fingerprint density at radius 3 is 2.35 bits per heavy atom. The lowest BCUT2D eigenvalue weighted by Gasteiger charge is -2.09. The van der Waals surface area contributed by atoms with E-state index in [4.69, 9.17) is 23.2 Å². The summed E-state index contributed by atoms with van der Waals surface area (Å²) in [4.78, 5) is 25.1. The number of aromatic carboxylic acids is 1. The van der Waals surface area contributed by atoms with Gasteiger partial charge in [0.1, 0.15) is 0 Å². The van der Waals surface area contributed by atoms with Gasteiger partial charge in [0, 0.05) is 11.8 Å². The smallest absolute Gasteiger partial charge is 0.335 e. The van der Waals surface area contributed by atoms with Crippen molar-refractivity contribution in [3.8, 4) is 11.1 Å². The molecule has 0 aliphatic rings. The first-order valence-corrected chi connectivity index (χ1v) is 10.6. The number of pyridine rings is 1. The maximum absolute atomic E-state index is 13.6. The summed E-state index contributed by atoms with van der Waals surface area (Å²) in [7, 11) is 0. The Bertz CT molecular complexity index is 1330. The second-order valence-corrected chi connectivity index (χ2v) is 8.08. The fraction of sp³-hybridized carbons (Fsp3) is 0.120. The molecule has 6 heteroatoms. The van der Waals surface area contributed by atoms with Crippen LogP contribution < -0.4 is 0 Å². The van der Waals surface area contributed by atoms with Gasteiger partial charge in [0.2, 0.25) is 5.78 Å². The highest BCUT2D eigenvalue weighted by atomic mass is 35.5. The van der Waals surface area contributed by atoms with Gasteiger partial charge in [-0.15, -0.1) is 0 Å². The molecule has 0 aliphatic carbocycles. The summed E-state index contributed by atoms with van der Waals surface area (Å²) in [5.74, 6) is -1.22. The third-order valence-corrected chi connectivity index (χ3v) is 6.13. The summed E-state index contributed by atoms with van der Waals surface area (Å²) < 4.78 is 1.84. The van der Waals surface area contributed by atoms with Gasteiger partial charge < -0.3 is 9.51 Å². The van der Waals surface area contributed by atoms with Gasteiger partial charge in [-0.05, 0) is 60.4 Å². The molecule has 0 radical (unpaired) electrons. The van der Waals surface area contributed by atoms with E-state index in [1.54, 1.807) is 30.3 Å². The van der Waals surface area contributed by atoms with Crippen LogP contribution in [-0.4, -0.2) is 21.3 Å². The van der Waals surface area contributed by atoms with Crippen molar-refractivity contribution >= 4 is 40.5 Å². The molecule has 4 nitrogen and oxygen atoms in total. The summed E-state index contributed by atoms with van der Waals surface area (Å²) in [6.45, 7) is 3.81. The SMILES string of the molecule is CCc1cc(-c2c(C)c(C(=O)c3c(Cl)cccc3Cl)n3ccccc23)ccc1C(=O)O. The molecular weight excluding hydrogens is 433 g/mol. The van der Waals surface area contributed by atoms with Crippen molar-refractivity contribution in [3.63, 3.8) is 0 Å². The van der Waals surface area contributed by atoms with Crippen LogP contribution in [0.1, 0.15) is 44.5 Å². The van der Waals surface area contributed by atoms with Crippen molar-refractivity contribution in [3.05, 3.63) is 98.8 Å². The molecule has 0 bridgehead atoms. The van der Waals surface area contributed by atoms with Crippen LogP contribution in [0, 0.1) is 6.92 Å². The lowest BCUT2D eigenvalue weighted by atomic mass is 9.95. The second kappa shape index (κ2) is 8.22. The van der Waals surface area contributed by atoms with Gasteiger partial charge in [-0.3, -0.25) is 4.79 Å². The number of aromatic nitrogens is 1. The number of halogens is 2. The second-order valence-electron chi connectivity index (χ2n) is 7.26. The molecule has 2 heterocycles. The number of hydrogen-bond donors (Lipinski definition) is 1. The predicted molar refractivity (Wildman–Crippen MR) is 124 cm³/mol. The van der Waals surface area contributed by atoms with Gasteiger partial charge in [0.15, 0.2) is 0 Å². The molecule has 156 valence electrons. The third-order valence-electron chi connectivity index (χ3n) is 5.50. The van der Waals surface area contributed by atoms with E-state index in [1.807, 2.05) is 48.7 Å². The zero-order chi connectivity index (χ0) is 22.3. The van der Waals surface area contributed by atoms with Gasteiger partial charge in [-0.25, -0.2) is 4.79 Å². The number of hydrogen-bond acceptors (Lipinski definition) is 2. The van der Waals surface area contributed by atoms with Gasteiger partial charge in [-0.1, -0.05) is 54.4 Å². The molecule has 0 saturated heterocycles. The molecule has 2 aromatic heterocycles. The molecule has 31 heavy (non-hydrogen) atoms. The summed E-state index contributed by atoms with van der Waals surface area (Å²) in [6.07, 6.45) is 2.41. The number of carbonyl (C=O) groups excluding carboxylic acids is 1. The van der Waals surface area contributed by atoms with Crippen LogP contribution in [0.3, 0.4) is 0 Å². The monoisotopic (exact) mass is 451 g/mol. The quantitative estimate of drug-likeness (QED) is 0.342. The van der Waals surface area contributed by atoms with Crippen molar-refractivity contribution in [2.45, 2.75) is 20.3 Å². The fourth-order valence-electron chi connectivity index (χ4n) is 4.06. The van der Waals surface area contributed by atoms with Crippen LogP contribution in [0.2, 0.25) is 10.0 Å². The minimum Gasteiger partial charge on any atom is -0.478 e. The largest absolute Gasteiger partial charge is 0.478 e. The molecule has 0 atom stereocenters. The van der Waals surface area contributed by atoms with E-state index >= 15 is 0 Å². The average molecular weight is 452 g/mol. The summed E-state index contributed by atoms with van der Waals surface area (Å²) >= 11 is 12.6. The van der Waals surface area contributed by atoms with Crippen LogP contribution in [0.15, 0.2) is 60.8 Å². The number of carboxylic acids is 1. The van der Waals surface area contributed by atoms with E-state index in [9.17, 15) is 14.7 Å². The number of benzene rings is 2. The van der Waals surface area contributed by atoms with Crippen molar-refractivity contribution in [2.24, 2.45) is 0 Å². The van der Waals surface area contributed by atoms with E-state index in [-0.39, 0.29) is 16.9 Å². The van der Waals surface area contributed by atoms with Gasteiger partial charge in [0.05, 0.1) is 32.4 Å². The number of rotatable bonds is 5. The van der Waals surface area contributed by atoms with E-state index in [0.717, 1.165) is 27.8 Å². The van der Waals surface area contributed by atoms with Crippen LogP contribution in [0.5, 0.6) is 0 Å². The van der Waals surface area contributed by atoms with Crippen molar-refractivity contribution in [2.75, 3.05) is 0 Å². The molecule has 0 spiro atoms. The van der Waals surface area contributed by atoms with Crippen molar-refractivity contribution in [1.29, 1.82) is 0 Å². The standard InChI is InChI=1S/C25H19Cl2NO3/c1-3-15-13-16(10-11-17(15)25(30)31)21-14(2)23(28-12-5-4-9-20(21)28)24(29)22-18(26)7-6-8-19(22)27/h4-13H,3H2,1-2H3,(H,30,31). The molecule has 0 unspecified atom stereocenters. The number of carbonyl (C=O) groups is 2. The van der Waals surface area contributed by atoms with Crippen LogP contribution in [-0.2, 0) is 6.42 Å². The Labute approximate surface area is 189 Å². The summed E-state index contributed by atoms with van der Waals surface area (Å²) in [6, 6.07) is 16.0. The minimum atomic E-state index is -0.953. The van der Waals surface area contributed by atoms with E-state index in [2.05, 4.69) is 0 Å². The molecule has 0 saturated carbocycles. The first kappa shape index (κ1) is 21.2. The highest BCUT2D eigenvalue weighted by molar-refractivity contribution is 6.41. The Kier molecular flexibility index (Phi) is 5.61. The van der Waals surface area contributed by atoms with Crippen LogP contribution >= 0.6 is 23.2 Å². The van der Waals surface area contributed by atoms with Gasteiger partial charge >= 0.3 is 5.97 Å². The maximum Gasteiger partial charge on any atom is 0.335 e. The molecule has 0 amide bonds. The Morgan fingerprint density at radius 1 is 1.00 bits per heavy atom. The van der Waals surface area contributed by atoms with E-state index in [0.29, 0.717) is 22.2 Å².